The lowest BCUT2D eigenvalue weighted by Gasteiger charge is -2.01. The van der Waals surface area contributed by atoms with Crippen molar-refractivity contribution in [1.29, 1.82) is 0 Å². The third-order valence-corrected chi connectivity index (χ3v) is 2.58. The van der Waals surface area contributed by atoms with Crippen molar-refractivity contribution in [2.45, 2.75) is 6.92 Å². The predicted octanol–water partition coefficient (Wildman–Crippen LogP) is 1.40. The molecule has 0 amide bonds. The van der Waals surface area contributed by atoms with Crippen LogP contribution in [0.25, 0.3) is 0 Å². The largest absolute Gasteiger partial charge is 0.504 e. The lowest BCUT2D eigenvalue weighted by Crippen LogP contribution is -1.85. The van der Waals surface area contributed by atoms with Crippen LogP contribution in [0.5, 0.6) is 11.5 Å². The molecule has 0 atom stereocenters. The quantitative estimate of drug-likeness (QED) is 0.561. The minimum absolute atomic E-state index is 0.0399. The molecule has 0 radical (unpaired) electrons. The number of aromatic hydroxyl groups is 1. The second-order valence-corrected chi connectivity index (χ2v) is 4.99. The molecular weight excluding hydrogens is 247 g/mol. The summed E-state index contributed by atoms with van der Waals surface area (Å²) in [5.41, 5.74) is 0.486. The molecule has 96 valence electrons. The maximum atomic E-state index is 10.2. The monoisotopic (exact) mass is 262 g/mol. The Morgan fingerprint density at radius 1 is 1.41 bits per heavy atom. The summed E-state index contributed by atoms with van der Waals surface area (Å²) < 4.78 is 14.5. The number of phenols is 1. The number of rotatable bonds is 3. The number of aldehydes is 1. The van der Waals surface area contributed by atoms with Crippen molar-refractivity contribution in [2.24, 2.45) is 0 Å². The first-order chi connectivity index (χ1) is 7.84. The molecule has 0 spiro atoms. The molecule has 7 heteroatoms. The number of carbonyl (C=O) groups is 1. The number of phenolic OH excluding ortho intramolecular Hbond substituents is 1. The van der Waals surface area contributed by atoms with Gasteiger partial charge < -0.3 is 19.6 Å². The van der Waals surface area contributed by atoms with E-state index < -0.39 is 7.60 Å². The lowest BCUT2D eigenvalue weighted by atomic mass is 10.2. The van der Waals surface area contributed by atoms with E-state index in [1.165, 1.54) is 32.2 Å². The number of hydrogen-bond donors (Lipinski definition) is 3. The van der Waals surface area contributed by atoms with Gasteiger partial charge in [0.2, 0.25) is 0 Å². The SMILES string of the molecule is CCP(=O)(O)O.COc1cc(C=O)ccc1O. The summed E-state index contributed by atoms with van der Waals surface area (Å²) in [6.45, 7) is 1.45. The topological polar surface area (TPSA) is 104 Å². The smallest absolute Gasteiger partial charge is 0.325 e. The molecular formula is C10H15O6P. The van der Waals surface area contributed by atoms with E-state index in [1.807, 2.05) is 0 Å². The van der Waals surface area contributed by atoms with Gasteiger partial charge in [-0.3, -0.25) is 9.36 Å². The molecule has 1 aromatic carbocycles. The molecule has 0 fully saturated rings. The molecule has 0 aliphatic heterocycles. The molecule has 0 heterocycles. The van der Waals surface area contributed by atoms with Crippen LogP contribution in [0.3, 0.4) is 0 Å². The molecule has 1 aromatic rings. The average molecular weight is 262 g/mol. The van der Waals surface area contributed by atoms with Crippen LogP contribution in [0.15, 0.2) is 18.2 Å². The molecule has 3 N–H and O–H groups in total. The van der Waals surface area contributed by atoms with Gasteiger partial charge in [0, 0.05) is 11.7 Å². The van der Waals surface area contributed by atoms with Crippen LogP contribution in [0.2, 0.25) is 0 Å². The Bertz CT molecular complexity index is 411. The van der Waals surface area contributed by atoms with Gasteiger partial charge in [-0.1, -0.05) is 6.92 Å². The number of methoxy groups -OCH3 is 1. The highest BCUT2D eigenvalue weighted by Gasteiger charge is 2.05. The van der Waals surface area contributed by atoms with Crippen LogP contribution in [-0.2, 0) is 4.57 Å². The summed E-state index contributed by atoms with van der Waals surface area (Å²) in [5.74, 6) is 0.354. The standard InChI is InChI=1S/C8H8O3.C2H7O3P/c1-11-8-4-6(5-9)2-3-7(8)10;1-2-6(3,4)5/h2-5,10H,1H3;2H2,1H3,(H2,3,4,5). The number of benzene rings is 1. The van der Waals surface area contributed by atoms with E-state index >= 15 is 0 Å². The molecule has 0 aliphatic rings. The van der Waals surface area contributed by atoms with Crippen molar-refractivity contribution >= 4 is 13.9 Å². The second kappa shape index (κ2) is 7.06. The van der Waals surface area contributed by atoms with Gasteiger partial charge in [0.1, 0.15) is 6.29 Å². The Morgan fingerprint density at radius 2 is 1.94 bits per heavy atom. The first-order valence-corrected chi connectivity index (χ1v) is 6.50. The third kappa shape index (κ3) is 6.73. The summed E-state index contributed by atoms with van der Waals surface area (Å²) in [7, 11) is -2.21. The molecule has 17 heavy (non-hydrogen) atoms. The highest BCUT2D eigenvalue weighted by Crippen LogP contribution is 2.32. The Labute approximate surface area is 99.0 Å². The minimum atomic E-state index is -3.65. The van der Waals surface area contributed by atoms with Gasteiger partial charge in [-0.25, -0.2) is 0 Å². The van der Waals surface area contributed by atoms with Crippen LogP contribution in [-0.4, -0.2) is 34.5 Å². The fourth-order valence-corrected chi connectivity index (χ4v) is 0.768. The van der Waals surface area contributed by atoms with Crippen molar-refractivity contribution in [3.05, 3.63) is 23.8 Å². The van der Waals surface area contributed by atoms with Crippen molar-refractivity contribution in [3.8, 4) is 11.5 Å². The van der Waals surface area contributed by atoms with Crippen LogP contribution < -0.4 is 4.74 Å². The summed E-state index contributed by atoms with van der Waals surface area (Å²) >= 11 is 0. The summed E-state index contributed by atoms with van der Waals surface area (Å²) in [5, 5.41) is 9.09. The van der Waals surface area contributed by atoms with Crippen LogP contribution in [0.1, 0.15) is 17.3 Å². The predicted molar refractivity (Wildman–Crippen MR) is 62.6 cm³/mol. The van der Waals surface area contributed by atoms with E-state index in [2.05, 4.69) is 0 Å². The minimum Gasteiger partial charge on any atom is -0.504 e. The molecule has 0 unspecified atom stereocenters. The molecule has 6 nitrogen and oxygen atoms in total. The van der Waals surface area contributed by atoms with E-state index in [0.29, 0.717) is 17.6 Å². The first kappa shape index (κ1) is 15.6. The lowest BCUT2D eigenvalue weighted by molar-refractivity contribution is 0.112. The number of hydrogen-bond acceptors (Lipinski definition) is 4. The van der Waals surface area contributed by atoms with Crippen LogP contribution in [0.4, 0.5) is 0 Å². The van der Waals surface area contributed by atoms with Crippen LogP contribution >= 0.6 is 7.60 Å². The van der Waals surface area contributed by atoms with Crippen molar-refractivity contribution in [1.82, 2.24) is 0 Å². The fourth-order valence-electron chi connectivity index (χ4n) is 0.768. The van der Waals surface area contributed by atoms with E-state index in [1.54, 1.807) is 0 Å². The van der Waals surface area contributed by atoms with Gasteiger partial charge >= 0.3 is 7.60 Å². The Morgan fingerprint density at radius 3 is 2.29 bits per heavy atom. The van der Waals surface area contributed by atoms with E-state index in [4.69, 9.17) is 19.6 Å². The van der Waals surface area contributed by atoms with E-state index in [9.17, 15) is 9.36 Å². The van der Waals surface area contributed by atoms with E-state index in [-0.39, 0.29) is 11.9 Å². The van der Waals surface area contributed by atoms with Gasteiger partial charge in [0.05, 0.1) is 7.11 Å². The number of ether oxygens (including phenoxy) is 1. The molecule has 0 saturated heterocycles. The van der Waals surface area contributed by atoms with Gasteiger partial charge in [-0.15, -0.1) is 0 Å². The van der Waals surface area contributed by atoms with Crippen molar-refractivity contribution < 1.29 is 29.0 Å². The maximum absolute atomic E-state index is 10.2. The van der Waals surface area contributed by atoms with E-state index in [0.717, 1.165) is 0 Å². The van der Waals surface area contributed by atoms with Crippen molar-refractivity contribution in [2.75, 3.05) is 13.3 Å². The van der Waals surface area contributed by atoms with Gasteiger partial charge in [-0.05, 0) is 18.2 Å². The Hall–Kier alpha value is -1.36. The van der Waals surface area contributed by atoms with Crippen molar-refractivity contribution in [3.63, 3.8) is 0 Å². The van der Waals surface area contributed by atoms with Gasteiger partial charge in [0.15, 0.2) is 11.5 Å². The Kier molecular flexibility index (Phi) is 6.50. The molecule has 0 aromatic heterocycles. The average Bonchev–Trinajstić information content (AvgIpc) is 2.29. The highest BCUT2D eigenvalue weighted by atomic mass is 31.2. The first-order valence-electron chi connectivity index (χ1n) is 4.70. The molecule has 0 saturated carbocycles. The third-order valence-electron chi connectivity index (χ3n) is 1.75. The summed E-state index contributed by atoms with van der Waals surface area (Å²) in [4.78, 5) is 26.1. The summed E-state index contributed by atoms with van der Waals surface area (Å²) in [6.07, 6.45) is 0.634. The normalized spacial score (nSPS) is 10.1. The number of carbonyl (C=O) groups excluding carboxylic acids is 1. The zero-order chi connectivity index (χ0) is 13.5. The second-order valence-electron chi connectivity index (χ2n) is 3.03. The zero-order valence-electron chi connectivity index (χ0n) is 9.53. The Balaban J connectivity index is 0.000000366. The zero-order valence-corrected chi connectivity index (χ0v) is 10.4. The molecule has 1 rings (SSSR count). The highest BCUT2D eigenvalue weighted by molar-refractivity contribution is 7.51. The molecule has 0 bridgehead atoms. The molecule has 0 aliphatic carbocycles. The van der Waals surface area contributed by atoms with Crippen LogP contribution in [0, 0.1) is 0 Å². The fraction of sp³-hybridized carbons (Fsp3) is 0.300. The van der Waals surface area contributed by atoms with Gasteiger partial charge in [-0.2, -0.15) is 0 Å². The summed E-state index contributed by atoms with van der Waals surface area (Å²) in [6, 6.07) is 4.41. The maximum Gasteiger partial charge on any atom is 0.325 e. The van der Waals surface area contributed by atoms with Gasteiger partial charge in [0.25, 0.3) is 0 Å².